The van der Waals surface area contributed by atoms with Gasteiger partial charge < -0.3 is 10.1 Å². The van der Waals surface area contributed by atoms with Gasteiger partial charge in [-0.05, 0) is 35.9 Å². The number of amides is 1. The van der Waals surface area contributed by atoms with Crippen LogP contribution in [0.25, 0.3) is 0 Å². The molecule has 0 radical (unpaired) electrons. The molecule has 0 aliphatic carbocycles. The van der Waals surface area contributed by atoms with E-state index in [9.17, 15) is 4.79 Å². The third-order valence-corrected chi connectivity index (χ3v) is 4.28. The van der Waals surface area contributed by atoms with Gasteiger partial charge in [0.25, 0.3) is 0 Å². The maximum Gasteiger partial charge on any atom is 0.230 e. The molecule has 0 bridgehead atoms. The zero-order chi connectivity index (χ0) is 17.3. The molecule has 3 rings (SSSR count). The Hall–Kier alpha value is -2.86. The highest BCUT2D eigenvalue weighted by molar-refractivity contribution is 8.00. The van der Waals surface area contributed by atoms with E-state index in [2.05, 4.69) is 15.3 Å². The zero-order valence-electron chi connectivity index (χ0n) is 13.5. The largest absolute Gasteiger partial charge is 0.439 e. The summed E-state index contributed by atoms with van der Waals surface area (Å²) >= 11 is 1.48. The van der Waals surface area contributed by atoms with E-state index in [1.54, 1.807) is 24.7 Å². The first kappa shape index (κ1) is 17.0. The molecule has 6 heteroatoms. The van der Waals surface area contributed by atoms with Crippen LogP contribution in [0.2, 0.25) is 0 Å². The Bertz CT molecular complexity index is 813. The van der Waals surface area contributed by atoms with Crippen molar-refractivity contribution >= 4 is 17.7 Å². The highest BCUT2D eigenvalue weighted by atomic mass is 32.2. The van der Waals surface area contributed by atoms with E-state index >= 15 is 0 Å². The second kappa shape index (κ2) is 8.84. The fourth-order valence-electron chi connectivity index (χ4n) is 2.08. The molecule has 1 aromatic carbocycles. The van der Waals surface area contributed by atoms with Crippen LogP contribution < -0.4 is 10.1 Å². The molecule has 0 unspecified atom stereocenters. The average molecular weight is 351 g/mol. The third-order valence-electron chi connectivity index (χ3n) is 3.27. The molecule has 3 aromatic rings. The number of rotatable bonds is 7. The van der Waals surface area contributed by atoms with E-state index < -0.39 is 0 Å². The summed E-state index contributed by atoms with van der Waals surface area (Å²) in [6, 6.07) is 16.9. The SMILES string of the molecule is O=C(CSc1ccncc1)NCc1cccc(Oc2ccccn2)c1. The molecule has 2 heterocycles. The molecule has 126 valence electrons. The van der Waals surface area contributed by atoms with Crippen molar-refractivity contribution in [2.45, 2.75) is 11.4 Å². The van der Waals surface area contributed by atoms with Gasteiger partial charge in [0.2, 0.25) is 11.8 Å². The van der Waals surface area contributed by atoms with Crippen molar-refractivity contribution in [2.24, 2.45) is 0 Å². The lowest BCUT2D eigenvalue weighted by Gasteiger charge is -2.08. The molecule has 5 nitrogen and oxygen atoms in total. The molecule has 0 aliphatic rings. The van der Waals surface area contributed by atoms with E-state index in [1.165, 1.54) is 11.8 Å². The first-order valence-electron chi connectivity index (χ1n) is 7.77. The van der Waals surface area contributed by atoms with Crippen molar-refractivity contribution in [1.29, 1.82) is 0 Å². The van der Waals surface area contributed by atoms with Gasteiger partial charge in [-0.15, -0.1) is 11.8 Å². The van der Waals surface area contributed by atoms with E-state index in [0.717, 1.165) is 10.5 Å². The Labute approximate surface area is 150 Å². The summed E-state index contributed by atoms with van der Waals surface area (Å²) in [4.78, 5) is 21.1. The van der Waals surface area contributed by atoms with Crippen LogP contribution in [0.4, 0.5) is 0 Å². The van der Waals surface area contributed by atoms with Crippen LogP contribution in [0, 0.1) is 0 Å². The minimum atomic E-state index is -0.0159. The first-order valence-corrected chi connectivity index (χ1v) is 8.75. The highest BCUT2D eigenvalue weighted by Crippen LogP contribution is 2.20. The standard InChI is InChI=1S/C19H17N3O2S/c23-18(14-25-17-7-10-20-11-8-17)22-13-15-4-3-5-16(12-15)24-19-6-1-2-9-21-19/h1-12H,13-14H2,(H,22,23). The minimum Gasteiger partial charge on any atom is -0.439 e. The van der Waals surface area contributed by atoms with Gasteiger partial charge in [-0.1, -0.05) is 18.2 Å². The lowest BCUT2D eigenvalue weighted by atomic mass is 10.2. The molecular weight excluding hydrogens is 334 g/mol. The summed E-state index contributed by atoms with van der Waals surface area (Å²) in [6.07, 6.45) is 5.11. The molecule has 0 spiro atoms. The van der Waals surface area contributed by atoms with Gasteiger partial charge in [-0.3, -0.25) is 9.78 Å². The lowest BCUT2D eigenvalue weighted by Crippen LogP contribution is -2.24. The van der Waals surface area contributed by atoms with Crippen LogP contribution in [0.1, 0.15) is 5.56 Å². The van der Waals surface area contributed by atoms with Crippen LogP contribution in [-0.4, -0.2) is 21.6 Å². The molecule has 1 N–H and O–H groups in total. The number of carbonyl (C=O) groups excluding carboxylic acids is 1. The summed E-state index contributed by atoms with van der Waals surface area (Å²) in [5.41, 5.74) is 0.968. The Morgan fingerprint density at radius 2 is 1.92 bits per heavy atom. The molecule has 0 atom stereocenters. The number of nitrogens with one attached hydrogen (secondary N) is 1. The topological polar surface area (TPSA) is 64.1 Å². The molecule has 1 amide bonds. The number of ether oxygens (including phenoxy) is 1. The summed E-state index contributed by atoms with van der Waals surface area (Å²) in [7, 11) is 0. The molecule has 0 saturated carbocycles. The number of thioether (sulfide) groups is 1. The number of pyridine rings is 2. The second-order valence-corrected chi connectivity index (χ2v) is 6.21. The molecule has 0 saturated heterocycles. The summed E-state index contributed by atoms with van der Waals surface area (Å²) in [5, 5.41) is 2.91. The van der Waals surface area contributed by atoms with Gasteiger partial charge in [-0.25, -0.2) is 4.98 Å². The van der Waals surface area contributed by atoms with Crippen molar-refractivity contribution in [3.8, 4) is 11.6 Å². The summed E-state index contributed by atoms with van der Waals surface area (Å²) < 4.78 is 5.70. The maximum atomic E-state index is 12.0. The fourth-order valence-corrected chi connectivity index (χ4v) is 2.80. The first-order chi connectivity index (χ1) is 12.3. The smallest absolute Gasteiger partial charge is 0.230 e. The van der Waals surface area contributed by atoms with Crippen molar-refractivity contribution < 1.29 is 9.53 Å². The number of benzene rings is 1. The van der Waals surface area contributed by atoms with E-state index in [0.29, 0.717) is 23.9 Å². The molecule has 2 aromatic heterocycles. The van der Waals surface area contributed by atoms with Crippen LogP contribution in [0.5, 0.6) is 11.6 Å². The number of carbonyl (C=O) groups is 1. The number of hydrogen-bond acceptors (Lipinski definition) is 5. The van der Waals surface area contributed by atoms with Crippen molar-refractivity contribution in [1.82, 2.24) is 15.3 Å². The lowest BCUT2D eigenvalue weighted by molar-refractivity contribution is -0.118. The Morgan fingerprint density at radius 1 is 1.04 bits per heavy atom. The quantitative estimate of drug-likeness (QED) is 0.658. The van der Waals surface area contributed by atoms with Crippen LogP contribution >= 0.6 is 11.8 Å². The predicted octanol–water partition coefficient (Wildman–Crippen LogP) is 3.68. The number of hydrogen-bond donors (Lipinski definition) is 1. The normalized spacial score (nSPS) is 10.2. The summed E-state index contributed by atoms with van der Waals surface area (Å²) in [5.74, 6) is 1.58. The second-order valence-electron chi connectivity index (χ2n) is 5.17. The Kier molecular flexibility index (Phi) is 6.01. The predicted molar refractivity (Wildman–Crippen MR) is 97.6 cm³/mol. The van der Waals surface area contributed by atoms with Crippen LogP contribution in [0.15, 0.2) is 78.1 Å². The number of aromatic nitrogens is 2. The highest BCUT2D eigenvalue weighted by Gasteiger charge is 2.04. The van der Waals surface area contributed by atoms with Gasteiger partial charge in [0.1, 0.15) is 5.75 Å². The monoisotopic (exact) mass is 351 g/mol. The van der Waals surface area contributed by atoms with Gasteiger partial charge in [0.15, 0.2) is 0 Å². The Balaban J connectivity index is 1.49. The van der Waals surface area contributed by atoms with Gasteiger partial charge >= 0.3 is 0 Å². The van der Waals surface area contributed by atoms with Crippen molar-refractivity contribution in [3.05, 3.63) is 78.8 Å². The molecule has 0 aliphatic heterocycles. The molecular formula is C19H17N3O2S. The zero-order valence-corrected chi connectivity index (χ0v) is 14.3. The maximum absolute atomic E-state index is 12.0. The minimum absolute atomic E-state index is 0.0159. The van der Waals surface area contributed by atoms with E-state index in [-0.39, 0.29) is 5.91 Å². The fraction of sp³-hybridized carbons (Fsp3) is 0.105. The van der Waals surface area contributed by atoms with Crippen LogP contribution in [-0.2, 0) is 11.3 Å². The van der Waals surface area contributed by atoms with E-state index in [4.69, 9.17) is 4.74 Å². The molecule has 0 fully saturated rings. The van der Waals surface area contributed by atoms with Crippen molar-refractivity contribution in [2.75, 3.05) is 5.75 Å². The average Bonchev–Trinajstić information content (AvgIpc) is 2.67. The van der Waals surface area contributed by atoms with Crippen molar-refractivity contribution in [3.63, 3.8) is 0 Å². The Morgan fingerprint density at radius 3 is 2.72 bits per heavy atom. The van der Waals surface area contributed by atoms with Crippen LogP contribution in [0.3, 0.4) is 0 Å². The van der Waals surface area contributed by atoms with Gasteiger partial charge in [0, 0.05) is 36.1 Å². The van der Waals surface area contributed by atoms with Gasteiger partial charge in [-0.2, -0.15) is 0 Å². The third kappa shape index (κ3) is 5.61. The number of nitrogens with zero attached hydrogens (tertiary/aromatic N) is 2. The molecule has 25 heavy (non-hydrogen) atoms. The summed E-state index contributed by atoms with van der Waals surface area (Å²) in [6.45, 7) is 0.454. The van der Waals surface area contributed by atoms with Gasteiger partial charge in [0.05, 0.1) is 5.75 Å². The van der Waals surface area contributed by atoms with E-state index in [1.807, 2.05) is 48.5 Å².